The lowest BCUT2D eigenvalue weighted by Crippen LogP contribution is -2.56. The Morgan fingerprint density at radius 2 is 1.38 bits per heavy atom. The van der Waals surface area contributed by atoms with E-state index in [1.165, 1.54) is 0 Å². The van der Waals surface area contributed by atoms with Gasteiger partial charge < -0.3 is 18.9 Å². The van der Waals surface area contributed by atoms with E-state index in [4.69, 9.17) is 24.7 Å². The fourth-order valence-corrected chi connectivity index (χ4v) is 3.15. The Hall–Kier alpha value is -2.45. The molecule has 2 N–H and O–H groups in total. The Morgan fingerprint density at radius 1 is 0.844 bits per heavy atom. The van der Waals surface area contributed by atoms with Crippen molar-refractivity contribution in [3.05, 3.63) is 35.9 Å². The number of hydrogen-bond acceptors (Lipinski definition) is 8. The molecule has 0 heterocycles. The maximum Gasteiger partial charge on any atom is 0.354 e. The first-order chi connectivity index (χ1) is 15.0. The molecule has 0 fully saturated rings. The van der Waals surface area contributed by atoms with Crippen LogP contribution >= 0.6 is 0 Å². The van der Waals surface area contributed by atoms with Crippen molar-refractivity contribution >= 4 is 17.9 Å². The van der Waals surface area contributed by atoms with Gasteiger partial charge in [0.15, 0.2) is 5.41 Å². The fraction of sp³-hybridized carbons (Fsp3) is 0.625. The van der Waals surface area contributed by atoms with E-state index < -0.39 is 34.6 Å². The summed E-state index contributed by atoms with van der Waals surface area (Å²) in [5, 5.41) is 0. The van der Waals surface area contributed by atoms with Gasteiger partial charge in [0, 0.05) is 13.0 Å². The van der Waals surface area contributed by atoms with Crippen LogP contribution in [0.2, 0.25) is 0 Å². The van der Waals surface area contributed by atoms with Gasteiger partial charge >= 0.3 is 17.9 Å². The molecule has 32 heavy (non-hydrogen) atoms. The summed E-state index contributed by atoms with van der Waals surface area (Å²) in [7, 11) is 0. The van der Waals surface area contributed by atoms with E-state index in [2.05, 4.69) is 0 Å². The molecule has 0 aromatic heterocycles. The van der Waals surface area contributed by atoms with Gasteiger partial charge in [0.25, 0.3) is 0 Å². The van der Waals surface area contributed by atoms with Crippen LogP contribution < -0.4 is 5.73 Å². The average molecular weight is 452 g/mol. The SMILES string of the molecule is CCCOC(N)(CCC(C(=O)OCC)(C(=O)OCC)c1ccccc1)C(=O)OC(C)(C)C. The molecule has 0 aliphatic carbocycles. The molecule has 1 unspecified atom stereocenters. The van der Waals surface area contributed by atoms with E-state index >= 15 is 0 Å². The molecule has 0 bridgehead atoms. The van der Waals surface area contributed by atoms with E-state index in [9.17, 15) is 14.4 Å². The summed E-state index contributed by atoms with van der Waals surface area (Å²) in [4.78, 5) is 39.3. The molecule has 8 heteroatoms. The number of nitrogens with two attached hydrogens (primary N) is 1. The minimum absolute atomic E-state index is 0.0684. The topological polar surface area (TPSA) is 114 Å². The predicted molar refractivity (Wildman–Crippen MR) is 120 cm³/mol. The van der Waals surface area contributed by atoms with Crippen molar-refractivity contribution in [2.24, 2.45) is 5.73 Å². The Bertz CT molecular complexity index is 739. The number of hydrogen-bond donors (Lipinski definition) is 1. The minimum atomic E-state index is -1.86. The zero-order valence-corrected chi connectivity index (χ0v) is 20.1. The van der Waals surface area contributed by atoms with Crippen molar-refractivity contribution in [3.8, 4) is 0 Å². The minimum Gasteiger partial charge on any atom is -0.465 e. The third-order valence-corrected chi connectivity index (χ3v) is 4.69. The van der Waals surface area contributed by atoms with E-state index in [1.54, 1.807) is 65.0 Å². The monoisotopic (exact) mass is 451 g/mol. The van der Waals surface area contributed by atoms with E-state index in [0.29, 0.717) is 12.0 Å². The van der Waals surface area contributed by atoms with Gasteiger partial charge in [0.2, 0.25) is 5.72 Å². The van der Waals surface area contributed by atoms with Crippen molar-refractivity contribution in [2.75, 3.05) is 19.8 Å². The molecule has 1 aromatic rings. The van der Waals surface area contributed by atoms with Crippen molar-refractivity contribution < 1.29 is 33.3 Å². The van der Waals surface area contributed by atoms with Crippen LogP contribution in [0.3, 0.4) is 0 Å². The van der Waals surface area contributed by atoms with Gasteiger partial charge in [-0.3, -0.25) is 15.3 Å². The molecule has 0 aliphatic heterocycles. The number of ether oxygens (including phenoxy) is 4. The average Bonchev–Trinajstić information content (AvgIpc) is 2.72. The normalized spacial score (nSPS) is 13.7. The number of benzene rings is 1. The molecule has 0 saturated heterocycles. The summed E-state index contributed by atoms with van der Waals surface area (Å²) in [5.41, 5.74) is 2.29. The smallest absolute Gasteiger partial charge is 0.354 e. The first-order valence-electron chi connectivity index (χ1n) is 11.0. The lowest BCUT2D eigenvalue weighted by Gasteiger charge is -2.35. The lowest BCUT2D eigenvalue weighted by atomic mass is 9.75. The molecule has 8 nitrogen and oxygen atoms in total. The zero-order valence-electron chi connectivity index (χ0n) is 20.1. The van der Waals surface area contributed by atoms with Crippen molar-refractivity contribution in [2.45, 2.75) is 77.5 Å². The molecule has 0 amide bonds. The van der Waals surface area contributed by atoms with Crippen LogP contribution in [0, 0.1) is 0 Å². The molecular formula is C24H37NO7. The molecule has 0 spiro atoms. The van der Waals surface area contributed by atoms with Crippen molar-refractivity contribution in [3.63, 3.8) is 0 Å². The molecule has 1 rings (SSSR count). The third-order valence-electron chi connectivity index (χ3n) is 4.69. The molecule has 0 saturated carbocycles. The standard InChI is InChI=1S/C24H37NO7/c1-7-17-31-24(25,21(28)32-22(4,5)6)16-15-23(19(26)29-8-2,20(27)30-9-3)18-13-11-10-12-14-18/h10-14H,7-9,15-17,25H2,1-6H3. The summed E-state index contributed by atoms with van der Waals surface area (Å²) < 4.78 is 21.7. The second-order valence-electron chi connectivity index (χ2n) is 8.45. The second-order valence-corrected chi connectivity index (χ2v) is 8.45. The van der Waals surface area contributed by atoms with Gasteiger partial charge in [-0.05, 0) is 53.0 Å². The van der Waals surface area contributed by atoms with E-state index in [-0.39, 0.29) is 32.7 Å². The summed E-state index contributed by atoms with van der Waals surface area (Å²) >= 11 is 0. The summed E-state index contributed by atoms with van der Waals surface area (Å²) in [6.45, 7) is 10.7. The third kappa shape index (κ3) is 7.03. The van der Waals surface area contributed by atoms with Crippen LogP contribution in [0.15, 0.2) is 30.3 Å². The summed E-state index contributed by atoms with van der Waals surface area (Å²) in [6, 6.07) is 8.47. The molecular weight excluding hydrogens is 414 g/mol. The number of esters is 3. The van der Waals surface area contributed by atoms with E-state index in [1.807, 2.05) is 6.92 Å². The maximum atomic E-state index is 13.2. The van der Waals surface area contributed by atoms with Crippen LogP contribution in [0.4, 0.5) is 0 Å². The molecule has 0 radical (unpaired) electrons. The highest BCUT2D eigenvalue weighted by Gasteiger charge is 2.53. The highest BCUT2D eigenvalue weighted by molar-refractivity contribution is 6.06. The van der Waals surface area contributed by atoms with Gasteiger partial charge in [0.1, 0.15) is 5.60 Å². The highest BCUT2D eigenvalue weighted by atomic mass is 16.6. The van der Waals surface area contributed by atoms with Crippen LogP contribution in [0.5, 0.6) is 0 Å². The van der Waals surface area contributed by atoms with Crippen molar-refractivity contribution in [1.82, 2.24) is 0 Å². The second kappa shape index (κ2) is 12.0. The number of carbonyl (C=O) groups excluding carboxylic acids is 3. The number of carbonyl (C=O) groups is 3. The van der Waals surface area contributed by atoms with Crippen LogP contribution in [0.1, 0.15) is 66.4 Å². The molecule has 1 aromatic carbocycles. The predicted octanol–water partition coefficient (Wildman–Crippen LogP) is 3.25. The Labute approximate surface area is 190 Å². The summed E-state index contributed by atoms with van der Waals surface area (Å²) in [6.07, 6.45) is 0.268. The van der Waals surface area contributed by atoms with Gasteiger partial charge in [-0.1, -0.05) is 37.3 Å². The quantitative estimate of drug-likeness (QED) is 0.223. The molecule has 180 valence electrons. The first-order valence-corrected chi connectivity index (χ1v) is 11.0. The van der Waals surface area contributed by atoms with Gasteiger partial charge in [-0.25, -0.2) is 4.79 Å². The van der Waals surface area contributed by atoms with E-state index in [0.717, 1.165) is 0 Å². The fourth-order valence-electron chi connectivity index (χ4n) is 3.15. The maximum absolute atomic E-state index is 13.2. The summed E-state index contributed by atoms with van der Waals surface area (Å²) in [5.74, 6) is -2.31. The van der Waals surface area contributed by atoms with Crippen LogP contribution in [-0.4, -0.2) is 49.1 Å². The van der Waals surface area contributed by atoms with Gasteiger partial charge in [0.05, 0.1) is 13.2 Å². The molecule has 1 atom stereocenters. The van der Waals surface area contributed by atoms with Crippen LogP contribution in [0.25, 0.3) is 0 Å². The lowest BCUT2D eigenvalue weighted by molar-refractivity contribution is -0.187. The van der Waals surface area contributed by atoms with Gasteiger partial charge in [-0.15, -0.1) is 0 Å². The first kappa shape index (κ1) is 27.6. The number of rotatable bonds is 12. The van der Waals surface area contributed by atoms with Gasteiger partial charge in [-0.2, -0.15) is 0 Å². The van der Waals surface area contributed by atoms with Crippen molar-refractivity contribution in [1.29, 1.82) is 0 Å². The zero-order chi connectivity index (χ0) is 24.4. The Morgan fingerprint density at radius 3 is 1.81 bits per heavy atom. The highest BCUT2D eigenvalue weighted by Crippen LogP contribution is 2.35. The Balaban J connectivity index is 3.47. The molecule has 0 aliphatic rings. The van der Waals surface area contributed by atoms with Crippen LogP contribution in [-0.2, 0) is 38.7 Å². The Kier molecular flexibility index (Phi) is 10.3. The largest absolute Gasteiger partial charge is 0.465 e.